The smallest absolute Gasteiger partial charge is 0.00118 e. The van der Waals surface area contributed by atoms with Gasteiger partial charge in [-0.3, -0.25) is 0 Å². The lowest BCUT2D eigenvalue weighted by molar-refractivity contribution is 0.634. The molecule has 20 heavy (non-hydrogen) atoms. The summed E-state index contributed by atoms with van der Waals surface area (Å²) in [7, 11) is 0. The van der Waals surface area contributed by atoms with Crippen molar-refractivity contribution in [3.05, 3.63) is 82.8 Å². The van der Waals surface area contributed by atoms with Gasteiger partial charge in [0.1, 0.15) is 0 Å². The summed E-state index contributed by atoms with van der Waals surface area (Å²) in [6.07, 6.45) is 5.98. The second kappa shape index (κ2) is 6.81. The molecule has 1 heterocycles. The molecule has 0 radical (unpaired) electrons. The number of thioether (sulfide) groups is 1. The molecule has 3 rings (SSSR count). The minimum Gasteiger partial charge on any atom is -0.130 e. The van der Waals surface area contributed by atoms with Crippen LogP contribution >= 0.6 is 11.8 Å². The van der Waals surface area contributed by atoms with E-state index in [1.54, 1.807) is 4.91 Å². The van der Waals surface area contributed by atoms with E-state index in [1.165, 1.54) is 23.3 Å². The van der Waals surface area contributed by atoms with Crippen LogP contribution in [0.1, 0.15) is 17.5 Å². The third-order valence-corrected chi connectivity index (χ3v) is 5.06. The molecule has 0 N–H and O–H groups in total. The van der Waals surface area contributed by atoms with Crippen LogP contribution in [0.3, 0.4) is 0 Å². The first-order chi connectivity index (χ1) is 9.92. The van der Waals surface area contributed by atoms with E-state index in [-0.39, 0.29) is 0 Å². The van der Waals surface area contributed by atoms with Crippen LogP contribution in [0.25, 0.3) is 0 Å². The van der Waals surface area contributed by atoms with E-state index < -0.39 is 0 Å². The predicted octanol–water partition coefficient (Wildman–Crippen LogP) is 5.11. The van der Waals surface area contributed by atoms with E-state index in [2.05, 4.69) is 78.5 Å². The molecule has 0 nitrogen and oxygen atoms in total. The molecule has 1 heteroatoms. The van der Waals surface area contributed by atoms with Gasteiger partial charge < -0.3 is 0 Å². The zero-order valence-electron chi connectivity index (χ0n) is 11.7. The summed E-state index contributed by atoms with van der Waals surface area (Å²) in [5.41, 5.74) is 2.89. The average Bonchev–Trinajstić information content (AvgIpc) is 3.03. The van der Waals surface area contributed by atoms with Crippen molar-refractivity contribution in [2.24, 2.45) is 5.92 Å². The van der Waals surface area contributed by atoms with Gasteiger partial charge >= 0.3 is 0 Å². The lowest BCUT2D eigenvalue weighted by Gasteiger charge is -2.18. The summed E-state index contributed by atoms with van der Waals surface area (Å²) in [6.45, 7) is 0. The standard InChI is InChI=1S/C19H20S/c1-3-8-16(9-4-1)14-18(19-12-7-13-20-19)15-17-10-5-2-6-11-17/h1-6,8-12,18H,7,13-15H2. The first kappa shape index (κ1) is 13.5. The van der Waals surface area contributed by atoms with Gasteiger partial charge in [0.15, 0.2) is 0 Å². The molecule has 1 aliphatic rings. The number of benzene rings is 2. The number of allylic oxidation sites excluding steroid dienone is 2. The molecule has 0 saturated carbocycles. The zero-order chi connectivity index (χ0) is 13.6. The molecule has 0 atom stereocenters. The van der Waals surface area contributed by atoms with E-state index in [4.69, 9.17) is 0 Å². The Labute approximate surface area is 125 Å². The first-order valence-corrected chi connectivity index (χ1v) is 8.31. The summed E-state index contributed by atoms with van der Waals surface area (Å²) in [4.78, 5) is 1.60. The van der Waals surface area contributed by atoms with Gasteiger partial charge in [0, 0.05) is 5.75 Å². The van der Waals surface area contributed by atoms with Crippen molar-refractivity contribution in [2.75, 3.05) is 5.75 Å². The third-order valence-electron chi connectivity index (χ3n) is 3.78. The van der Waals surface area contributed by atoms with Crippen LogP contribution in [0, 0.1) is 5.92 Å². The van der Waals surface area contributed by atoms with Crippen molar-refractivity contribution in [3.8, 4) is 0 Å². The monoisotopic (exact) mass is 280 g/mol. The van der Waals surface area contributed by atoms with E-state index in [1.807, 2.05) is 0 Å². The van der Waals surface area contributed by atoms with Gasteiger partial charge in [0.25, 0.3) is 0 Å². The van der Waals surface area contributed by atoms with Crippen LogP contribution in [-0.4, -0.2) is 5.75 Å². The molecule has 0 saturated heterocycles. The van der Waals surface area contributed by atoms with Crippen LogP contribution < -0.4 is 0 Å². The van der Waals surface area contributed by atoms with Gasteiger partial charge in [-0.05, 0) is 41.2 Å². The Kier molecular flexibility index (Phi) is 4.60. The van der Waals surface area contributed by atoms with Gasteiger partial charge in [-0.1, -0.05) is 66.7 Å². The summed E-state index contributed by atoms with van der Waals surface area (Å²) < 4.78 is 0. The van der Waals surface area contributed by atoms with Crippen LogP contribution in [0.5, 0.6) is 0 Å². The highest BCUT2D eigenvalue weighted by Crippen LogP contribution is 2.35. The van der Waals surface area contributed by atoms with Gasteiger partial charge in [-0.15, -0.1) is 11.8 Å². The SMILES string of the molecule is C1=C(C(Cc2ccccc2)Cc2ccccc2)SCC1. The van der Waals surface area contributed by atoms with Crippen molar-refractivity contribution in [3.63, 3.8) is 0 Å². The number of hydrogen-bond acceptors (Lipinski definition) is 1. The van der Waals surface area contributed by atoms with E-state index in [9.17, 15) is 0 Å². The van der Waals surface area contributed by atoms with Crippen LogP contribution in [-0.2, 0) is 12.8 Å². The first-order valence-electron chi connectivity index (χ1n) is 7.32. The normalized spacial score (nSPS) is 14.6. The molecule has 0 bridgehead atoms. The molecule has 102 valence electrons. The maximum atomic E-state index is 2.45. The Morgan fingerprint density at radius 1 is 0.800 bits per heavy atom. The summed E-state index contributed by atoms with van der Waals surface area (Å²) in [6, 6.07) is 21.8. The van der Waals surface area contributed by atoms with Gasteiger partial charge in [-0.25, -0.2) is 0 Å². The largest absolute Gasteiger partial charge is 0.130 e. The molecule has 0 spiro atoms. The highest BCUT2D eigenvalue weighted by Gasteiger charge is 2.18. The molecular formula is C19H20S. The Balaban J connectivity index is 1.77. The van der Waals surface area contributed by atoms with Crippen molar-refractivity contribution in [1.29, 1.82) is 0 Å². The fourth-order valence-corrected chi connectivity index (χ4v) is 3.90. The fourth-order valence-electron chi connectivity index (χ4n) is 2.79. The molecule has 0 aromatic heterocycles. The Hall–Kier alpha value is -1.47. The molecule has 2 aromatic rings. The molecule has 0 unspecified atom stereocenters. The molecule has 0 fully saturated rings. The Morgan fingerprint density at radius 2 is 1.35 bits per heavy atom. The summed E-state index contributed by atoms with van der Waals surface area (Å²) in [5, 5.41) is 0. The maximum Gasteiger partial charge on any atom is 0.00118 e. The molecule has 0 amide bonds. The van der Waals surface area contributed by atoms with Crippen LogP contribution in [0.2, 0.25) is 0 Å². The topological polar surface area (TPSA) is 0 Å². The second-order valence-corrected chi connectivity index (χ2v) is 6.49. The highest BCUT2D eigenvalue weighted by atomic mass is 32.2. The second-order valence-electron chi connectivity index (χ2n) is 5.32. The van der Waals surface area contributed by atoms with Gasteiger partial charge in [-0.2, -0.15) is 0 Å². The Bertz CT molecular complexity index is 515. The zero-order valence-corrected chi connectivity index (χ0v) is 12.5. The minimum absolute atomic E-state index is 0.632. The van der Waals surface area contributed by atoms with Gasteiger partial charge in [0.2, 0.25) is 0 Å². The van der Waals surface area contributed by atoms with E-state index >= 15 is 0 Å². The van der Waals surface area contributed by atoms with Crippen molar-refractivity contribution in [1.82, 2.24) is 0 Å². The highest BCUT2D eigenvalue weighted by molar-refractivity contribution is 8.03. The van der Waals surface area contributed by atoms with E-state index in [0.29, 0.717) is 5.92 Å². The van der Waals surface area contributed by atoms with Crippen molar-refractivity contribution in [2.45, 2.75) is 19.3 Å². The Morgan fingerprint density at radius 3 is 1.80 bits per heavy atom. The van der Waals surface area contributed by atoms with E-state index in [0.717, 1.165) is 12.8 Å². The lowest BCUT2D eigenvalue weighted by Crippen LogP contribution is -2.09. The number of rotatable bonds is 5. The van der Waals surface area contributed by atoms with Crippen molar-refractivity contribution >= 4 is 11.8 Å². The lowest BCUT2D eigenvalue weighted by atomic mass is 9.92. The fraction of sp³-hybridized carbons (Fsp3) is 0.263. The molecule has 0 aliphatic carbocycles. The predicted molar refractivity (Wildman–Crippen MR) is 88.9 cm³/mol. The molecule has 2 aromatic carbocycles. The van der Waals surface area contributed by atoms with Crippen LogP contribution in [0.4, 0.5) is 0 Å². The van der Waals surface area contributed by atoms with Crippen LogP contribution in [0.15, 0.2) is 71.6 Å². The molecular weight excluding hydrogens is 260 g/mol. The van der Waals surface area contributed by atoms with Crippen molar-refractivity contribution < 1.29 is 0 Å². The average molecular weight is 280 g/mol. The maximum absolute atomic E-state index is 2.45. The molecule has 1 aliphatic heterocycles. The minimum atomic E-state index is 0.632. The quantitative estimate of drug-likeness (QED) is 0.733. The summed E-state index contributed by atoms with van der Waals surface area (Å²) in [5.74, 6) is 1.89. The number of hydrogen-bond donors (Lipinski definition) is 0. The van der Waals surface area contributed by atoms with Gasteiger partial charge in [0.05, 0.1) is 0 Å². The summed E-state index contributed by atoms with van der Waals surface area (Å²) >= 11 is 2.05. The third kappa shape index (κ3) is 3.55.